The molecule has 18 heavy (non-hydrogen) atoms. The molecule has 0 aromatic carbocycles. The largest absolute Gasteiger partial charge is 0.379 e. The highest BCUT2D eigenvalue weighted by atomic mass is 16.5. The second kappa shape index (κ2) is 8.45. The highest BCUT2D eigenvalue weighted by molar-refractivity contribution is 5.81. The summed E-state index contributed by atoms with van der Waals surface area (Å²) in [6.45, 7) is 7.44. The van der Waals surface area contributed by atoms with Gasteiger partial charge in [-0.05, 0) is 26.2 Å². The Morgan fingerprint density at radius 1 is 1.33 bits per heavy atom. The summed E-state index contributed by atoms with van der Waals surface area (Å²) < 4.78 is 10.9. The standard InChI is InChI=1S/C13H26N2O3/c1-3-12(14)13(16)15-7-5-11(6-8-15)18-10-9-17-4-2/h11-12H,3-10,14H2,1-2H3/t12-/m0/s1. The summed E-state index contributed by atoms with van der Waals surface area (Å²) >= 11 is 0. The predicted molar refractivity (Wildman–Crippen MR) is 70.3 cm³/mol. The number of piperidine rings is 1. The predicted octanol–water partition coefficient (Wildman–Crippen LogP) is 0.768. The molecule has 1 fully saturated rings. The summed E-state index contributed by atoms with van der Waals surface area (Å²) in [5.41, 5.74) is 5.76. The van der Waals surface area contributed by atoms with E-state index in [-0.39, 0.29) is 18.1 Å². The van der Waals surface area contributed by atoms with Crippen LogP contribution >= 0.6 is 0 Å². The van der Waals surface area contributed by atoms with Crippen molar-refractivity contribution in [2.75, 3.05) is 32.9 Å². The number of hydrogen-bond donors (Lipinski definition) is 1. The molecule has 1 saturated heterocycles. The maximum Gasteiger partial charge on any atom is 0.239 e. The van der Waals surface area contributed by atoms with Crippen LogP contribution in [0.3, 0.4) is 0 Å². The van der Waals surface area contributed by atoms with Gasteiger partial charge in [0, 0.05) is 19.7 Å². The smallest absolute Gasteiger partial charge is 0.239 e. The molecule has 106 valence electrons. The number of nitrogens with two attached hydrogens (primary N) is 1. The van der Waals surface area contributed by atoms with Gasteiger partial charge in [0.15, 0.2) is 0 Å². The monoisotopic (exact) mass is 258 g/mol. The van der Waals surface area contributed by atoms with Crippen LogP contribution in [0.1, 0.15) is 33.1 Å². The summed E-state index contributed by atoms with van der Waals surface area (Å²) in [6, 6.07) is -0.347. The van der Waals surface area contributed by atoms with Gasteiger partial charge in [-0.15, -0.1) is 0 Å². The topological polar surface area (TPSA) is 64.8 Å². The third kappa shape index (κ3) is 4.92. The van der Waals surface area contributed by atoms with Crippen LogP contribution in [-0.2, 0) is 14.3 Å². The molecule has 1 atom stereocenters. The molecule has 0 aromatic heterocycles. The molecule has 2 N–H and O–H groups in total. The number of carbonyl (C=O) groups excluding carboxylic acids is 1. The van der Waals surface area contributed by atoms with Crippen LogP contribution in [-0.4, -0.2) is 55.9 Å². The van der Waals surface area contributed by atoms with Crippen LogP contribution in [0.2, 0.25) is 0 Å². The molecule has 1 aliphatic heterocycles. The van der Waals surface area contributed by atoms with E-state index >= 15 is 0 Å². The first-order valence-corrected chi connectivity index (χ1v) is 6.92. The zero-order valence-corrected chi connectivity index (χ0v) is 11.6. The average Bonchev–Trinajstić information content (AvgIpc) is 2.42. The molecule has 0 saturated carbocycles. The number of hydrogen-bond acceptors (Lipinski definition) is 4. The quantitative estimate of drug-likeness (QED) is 0.685. The lowest BCUT2D eigenvalue weighted by molar-refractivity contribution is -0.135. The maximum atomic E-state index is 11.9. The van der Waals surface area contributed by atoms with E-state index in [0.717, 1.165) is 32.5 Å². The van der Waals surface area contributed by atoms with Gasteiger partial charge in [-0.3, -0.25) is 4.79 Å². The average molecular weight is 258 g/mol. The van der Waals surface area contributed by atoms with Crippen molar-refractivity contribution in [2.45, 2.75) is 45.3 Å². The second-order valence-corrected chi connectivity index (χ2v) is 4.61. The van der Waals surface area contributed by atoms with Crippen LogP contribution in [0, 0.1) is 0 Å². The Morgan fingerprint density at radius 2 is 2.00 bits per heavy atom. The molecule has 1 rings (SSSR count). The fourth-order valence-electron chi connectivity index (χ4n) is 2.07. The molecule has 0 aliphatic carbocycles. The van der Waals surface area contributed by atoms with Crippen molar-refractivity contribution in [1.29, 1.82) is 0 Å². The van der Waals surface area contributed by atoms with Gasteiger partial charge >= 0.3 is 0 Å². The summed E-state index contributed by atoms with van der Waals surface area (Å²) in [5, 5.41) is 0. The van der Waals surface area contributed by atoms with Gasteiger partial charge in [-0.1, -0.05) is 6.92 Å². The lowest BCUT2D eigenvalue weighted by Crippen LogP contribution is -2.48. The Labute approximate surface area is 110 Å². The molecule has 1 heterocycles. The van der Waals surface area contributed by atoms with E-state index in [1.54, 1.807) is 0 Å². The summed E-state index contributed by atoms with van der Waals surface area (Å²) in [4.78, 5) is 13.7. The minimum Gasteiger partial charge on any atom is -0.379 e. The van der Waals surface area contributed by atoms with Crippen molar-refractivity contribution in [3.63, 3.8) is 0 Å². The van der Waals surface area contributed by atoms with Crippen LogP contribution in [0.4, 0.5) is 0 Å². The number of nitrogens with zero attached hydrogens (tertiary/aromatic N) is 1. The van der Waals surface area contributed by atoms with Gasteiger partial charge in [0.25, 0.3) is 0 Å². The maximum absolute atomic E-state index is 11.9. The molecule has 0 bridgehead atoms. The molecule has 0 unspecified atom stereocenters. The zero-order chi connectivity index (χ0) is 13.4. The summed E-state index contributed by atoms with van der Waals surface area (Å²) in [6.07, 6.45) is 2.75. The van der Waals surface area contributed by atoms with E-state index in [4.69, 9.17) is 15.2 Å². The first-order valence-electron chi connectivity index (χ1n) is 6.92. The molecule has 0 spiro atoms. The van der Waals surface area contributed by atoms with Crippen molar-refractivity contribution in [3.05, 3.63) is 0 Å². The molecule has 1 amide bonds. The van der Waals surface area contributed by atoms with Gasteiger partial charge in [-0.25, -0.2) is 0 Å². The van der Waals surface area contributed by atoms with E-state index in [1.165, 1.54) is 0 Å². The number of rotatable bonds is 7. The Morgan fingerprint density at radius 3 is 2.56 bits per heavy atom. The minimum atomic E-state index is -0.347. The third-order valence-corrected chi connectivity index (χ3v) is 3.30. The summed E-state index contributed by atoms with van der Waals surface area (Å²) in [7, 11) is 0. The molecular formula is C13H26N2O3. The minimum absolute atomic E-state index is 0.0743. The Hall–Kier alpha value is -0.650. The van der Waals surface area contributed by atoms with Gasteiger partial charge in [-0.2, -0.15) is 0 Å². The van der Waals surface area contributed by atoms with Gasteiger partial charge in [0.05, 0.1) is 25.4 Å². The second-order valence-electron chi connectivity index (χ2n) is 4.61. The van der Waals surface area contributed by atoms with E-state index < -0.39 is 0 Å². The Bertz CT molecular complexity index is 240. The van der Waals surface area contributed by atoms with Gasteiger partial charge in [0.1, 0.15) is 0 Å². The van der Waals surface area contributed by atoms with Crippen molar-refractivity contribution in [2.24, 2.45) is 5.73 Å². The third-order valence-electron chi connectivity index (χ3n) is 3.30. The van der Waals surface area contributed by atoms with Crippen LogP contribution < -0.4 is 5.73 Å². The van der Waals surface area contributed by atoms with Crippen LogP contribution in [0.15, 0.2) is 0 Å². The van der Waals surface area contributed by atoms with E-state index in [2.05, 4.69) is 0 Å². The first kappa shape index (κ1) is 15.4. The van der Waals surface area contributed by atoms with Crippen molar-refractivity contribution >= 4 is 5.91 Å². The molecule has 1 aliphatic rings. The SMILES string of the molecule is CCOCCOC1CCN(C(=O)[C@@H](N)CC)CC1. The number of carbonyl (C=O) groups is 1. The highest BCUT2D eigenvalue weighted by Crippen LogP contribution is 2.14. The Balaban J connectivity index is 2.18. The van der Waals surface area contributed by atoms with E-state index in [9.17, 15) is 4.79 Å². The number of likely N-dealkylation sites (tertiary alicyclic amines) is 1. The molecule has 0 aromatic rings. The highest BCUT2D eigenvalue weighted by Gasteiger charge is 2.25. The first-order chi connectivity index (χ1) is 8.69. The summed E-state index contributed by atoms with van der Waals surface area (Å²) in [5.74, 6) is 0.0743. The lowest BCUT2D eigenvalue weighted by atomic mass is 10.1. The van der Waals surface area contributed by atoms with Crippen molar-refractivity contribution < 1.29 is 14.3 Å². The molecular weight excluding hydrogens is 232 g/mol. The van der Waals surface area contributed by atoms with E-state index in [0.29, 0.717) is 19.6 Å². The van der Waals surface area contributed by atoms with Gasteiger partial charge in [0.2, 0.25) is 5.91 Å². The van der Waals surface area contributed by atoms with Crippen LogP contribution in [0.5, 0.6) is 0 Å². The molecule has 0 radical (unpaired) electrons. The number of amides is 1. The normalized spacial score (nSPS) is 18.9. The molecule has 5 nitrogen and oxygen atoms in total. The molecule has 5 heteroatoms. The van der Waals surface area contributed by atoms with Crippen molar-refractivity contribution in [1.82, 2.24) is 4.90 Å². The number of ether oxygens (including phenoxy) is 2. The van der Waals surface area contributed by atoms with Crippen LogP contribution in [0.25, 0.3) is 0 Å². The lowest BCUT2D eigenvalue weighted by Gasteiger charge is -2.33. The van der Waals surface area contributed by atoms with Gasteiger partial charge < -0.3 is 20.1 Å². The fourth-order valence-corrected chi connectivity index (χ4v) is 2.07. The fraction of sp³-hybridized carbons (Fsp3) is 0.923. The Kier molecular flexibility index (Phi) is 7.23. The van der Waals surface area contributed by atoms with Crippen molar-refractivity contribution in [3.8, 4) is 0 Å². The zero-order valence-electron chi connectivity index (χ0n) is 11.6. The van der Waals surface area contributed by atoms with E-state index in [1.807, 2.05) is 18.7 Å².